The molecule has 0 fully saturated rings. The maximum atomic E-state index is 9.19. The number of hydrogen-bond donors (Lipinski definition) is 3. The van der Waals surface area contributed by atoms with E-state index in [4.69, 9.17) is 15.2 Å². The Kier molecular flexibility index (Phi) is 6.66. The number of guanidine groups is 1. The van der Waals surface area contributed by atoms with E-state index in [-0.39, 0.29) is 12.5 Å². The predicted octanol–water partition coefficient (Wildman–Crippen LogP) is 1.59. The second-order valence-corrected chi connectivity index (χ2v) is 4.22. The van der Waals surface area contributed by atoms with Crippen molar-refractivity contribution in [3.63, 3.8) is 0 Å². The first-order valence-electron chi connectivity index (χ1n) is 6.71. The molecular weight excluding hydrogens is 258 g/mol. The van der Waals surface area contributed by atoms with Gasteiger partial charge in [0, 0.05) is 6.07 Å². The molecule has 0 bridgehead atoms. The van der Waals surface area contributed by atoms with Crippen LogP contribution in [0.4, 0.5) is 5.69 Å². The van der Waals surface area contributed by atoms with Crippen molar-refractivity contribution in [1.82, 2.24) is 0 Å². The van der Waals surface area contributed by atoms with Crippen molar-refractivity contribution in [3.8, 4) is 11.5 Å². The molecule has 0 aliphatic heterocycles. The normalized spacial score (nSPS) is 12.9. The predicted molar refractivity (Wildman–Crippen MR) is 80.6 cm³/mol. The molecule has 0 saturated heterocycles. The lowest BCUT2D eigenvalue weighted by Crippen LogP contribution is -2.24. The van der Waals surface area contributed by atoms with Gasteiger partial charge in [0.25, 0.3) is 0 Å². The van der Waals surface area contributed by atoms with Crippen molar-refractivity contribution in [2.24, 2.45) is 10.7 Å². The van der Waals surface area contributed by atoms with Crippen LogP contribution in [0.5, 0.6) is 11.5 Å². The minimum atomic E-state index is -0.531. The molecule has 112 valence electrons. The van der Waals surface area contributed by atoms with Crippen LogP contribution >= 0.6 is 0 Å². The Balaban J connectivity index is 2.88. The van der Waals surface area contributed by atoms with Crippen molar-refractivity contribution in [2.75, 3.05) is 25.1 Å². The van der Waals surface area contributed by atoms with E-state index in [1.807, 2.05) is 26.0 Å². The number of aliphatic hydroxyl groups excluding tert-OH is 1. The Hall–Kier alpha value is -1.95. The summed E-state index contributed by atoms with van der Waals surface area (Å²) in [6, 6.07) is 5.46. The molecule has 0 aromatic heterocycles. The highest BCUT2D eigenvalue weighted by Gasteiger charge is 2.07. The van der Waals surface area contributed by atoms with Crippen LogP contribution in [0, 0.1) is 0 Å². The molecule has 0 radical (unpaired) electrons. The fourth-order valence-electron chi connectivity index (χ4n) is 1.55. The quantitative estimate of drug-likeness (QED) is 0.521. The Morgan fingerprint density at radius 1 is 1.35 bits per heavy atom. The first-order chi connectivity index (χ1) is 9.56. The van der Waals surface area contributed by atoms with E-state index >= 15 is 0 Å². The van der Waals surface area contributed by atoms with Crippen LogP contribution < -0.4 is 20.5 Å². The van der Waals surface area contributed by atoms with Crippen molar-refractivity contribution in [2.45, 2.75) is 26.9 Å². The summed E-state index contributed by atoms with van der Waals surface area (Å²) in [4.78, 5) is 4.03. The third-order valence-electron chi connectivity index (χ3n) is 2.35. The summed E-state index contributed by atoms with van der Waals surface area (Å²) in [6.07, 6.45) is -0.531. The SMILES string of the molecule is CCOc1ccc(OCC)c(NC(N)=NCC(C)O)c1. The molecule has 0 aliphatic rings. The largest absolute Gasteiger partial charge is 0.494 e. The van der Waals surface area contributed by atoms with Crippen molar-refractivity contribution >= 4 is 11.6 Å². The van der Waals surface area contributed by atoms with Gasteiger partial charge >= 0.3 is 0 Å². The number of anilines is 1. The summed E-state index contributed by atoms with van der Waals surface area (Å²) < 4.78 is 11.0. The first kappa shape index (κ1) is 16.1. The Labute approximate surface area is 119 Å². The molecule has 20 heavy (non-hydrogen) atoms. The number of aliphatic imine (C=N–C) groups is 1. The van der Waals surface area contributed by atoms with E-state index in [1.165, 1.54) is 0 Å². The molecule has 1 aromatic carbocycles. The molecule has 1 unspecified atom stereocenters. The lowest BCUT2D eigenvalue weighted by molar-refractivity contribution is 0.204. The maximum Gasteiger partial charge on any atom is 0.193 e. The zero-order chi connectivity index (χ0) is 15.0. The fourth-order valence-corrected chi connectivity index (χ4v) is 1.55. The smallest absolute Gasteiger partial charge is 0.193 e. The average molecular weight is 281 g/mol. The summed E-state index contributed by atoms with van der Waals surface area (Å²) >= 11 is 0. The van der Waals surface area contributed by atoms with Crippen LogP contribution in [0.25, 0.3) is 0 Å². The molecular formula is C14H23N3O3. The van der Waals surface area contributed by atoms with E-state index < -0.39 is 6.10 Å². The number of ether oxygens (including phenoxy) is 2. The number of hydrogen-bond acceptors (Lipinski definition) is 4. The topological polar surface area (TPSA) is 89.1 Å². The molecule has 0 spiro atoms. The van der Waals surface area contributed by atoms with Gasteiger partial charge < -0.3 is 25.6 Å². The molecule has 1 aromatic rings. The second kappa shape index (κ2) is 8.27. The molecule has 4 N–H and O–H groups in total. The van der Waals surface area contributed by atoms with Crippen LogP contribution in [0.3, 0.4) is 0 Å². The molecule has 0 amide bonds. The van der Waals surface area contributed by atoms with Crippen molar-refractivity contribution in [1.29, 1.82) is 0 Å². The van der Waals surface area contributed by atoms with Crippen molar-refractivity contribution < 1.29 is 14.6 Å². The minimum Gasteiger partial charge on any atom is -0.494 e. The van der Waals surface area contributed by atoms with Gasteiger partial charge in [-0.25, -0.2) is 0 Å². The Morgan fingerprint density at radius 2 is 2.05 bits per heavy atom. The zero-order valence-electron chi connectivity index (χ0n) is 12.2. The zero-order valence-corrected chi connectivity index (χ0v) is 12.2. The lowest BCUT2D eigenvalue weighted by Gasteiger charge is -2.14. The minimum absolute atomic E-state index is 0.223. The van der Waals surface area contributed by atoms with Crippen LogP contribution in [-0.4, -0.2) is 36.9 Å². The summed E-state index contributed by atoms with van der Waals surface area (Å²) in [5, 5.41) is 12.1. The third kappa shape index (κ3) is 5.36. The summed E-state index contributed by atoms with van der Waals surface area (Å²) in [5.74, 6) is 1.62. The summed E-state index contributed by atoms with van der Waals surface area (Å²) in [6.45, 7) is 6.85. The average Bonchev–Trinajstić information content (AvgIpc) is 2.40. The molecule has 0 heterocycles. The third-order valence-corrected chi connectivity index (χ3v) is 2.35. The number of nitrogens with one attached hydrogen (secondary N) is 1. The van der Waals surface area contributed by atoms with Gasteiger partial charge in [0.05, 0.1) is 31.5 Å². The molecule has 0 saturated carbocycles. The summed E-state index contributed by atoms with van der Waals surface area (Å²) in [5.41, 5.74) is 6.46. The van der Waals surface area contributed by atoms with Gasteiger partial charge in [-0.05, 0) is 32.9 Å². The lowest BCUT2D eigenvalue weighted by atomic mass is 10.2. The van der Waals surface area contributed by atoms with Gasteiger partial charge in [-0.1, -0.05) is 0 Å². The van der Waals surface area contributed by atoms with Crippen LogP contribution in [0.1, 0.15) is 20.8 Å². The van der Waals surface area contributed by atoms with Crippen LogP contribution in [0.15, 0.2) is 23.2 Å². The molecule has 1 rings (SSSR count). The molecule has 6 heteroatoms. The number of nitrogens with zero attached hydrogens (tertiary/aromatic N) is 1. The van der Waals surface area contributed by atoms with E-state index in [0.717, 1.165) is 5.75 Å². The van der Waals surface area contributed by atoms with E-state index in [1.54, 1.807) is 13.0 Å². The second-order valence-electron chi connectivity index (χ2n) is 4.22. The van der Waals surface area contributed by atoms with Crippen LogP contribution in [0.2, 0.25) is 0 Å². The van der Waals surface area contributed by atoms with Gasteiger partial charge in [0.1, 0.15) is 11.5 Å². The highest BCUT2D eigenvalue weighted by molar-refractivity contribution is 5.94. The van der Waals surface area contributed by atoms with Gasteiger partial charge in [-0.2, -0.15) is 0 Å². The van der Waals surface area contributed by atoms with Gasteiger partial charge in [-0.3, -0.25) is 4.99 Å². The molecule has 0 aliphatic carbocycles. The Morgan fingerprint density at radius 3 is 2.65 bits per heavy atom. The van der Waals surface area contributed by atoms with Gasteiger partial charge in [-0.15, -0.1) is 0 Å². The highest BCUT2D eigenvalue weighted by Crippen LogP contribution is 2.29. The number of aliphatic hydroxyl groups is 1. The van der Waals surface area contributed by atoms with E-state index in [0.29, 0.717) is 24.7 Å². The van der Waals surface area contributed by atoms with E-state index in [9.17, 15) is 5.11 Å². The number of rotatable bonds is 7. The maximum absolute atomic E-state index is 9.19. The molecule has 6 nitrogen and oxygen atoms in total. The van der Waals surface area contributed by atoms with E-state index in [2.05, 4.69) is 10.3 Å². The van der Waals surface area contributed by atoms with Crippen LogP contribution in [-0.2, 0) is 0 Å². The van der Waals surface area contributed by atoms with Gasteiger partial charge in [0.15, 0.2) is 5.96 Å². The summed E-state index contributed by atoms with van der Waals surface area (Å²) in [7, 11) is 0. The monoisotopic (exact) mass is 281 g/mol. The first-order valence-corrected chi connectivity index (χ1v) is 6.71. The standard InChI is InChI=1S/C14H23N3O3/c1-4-19-11-6-7-13(20-5-2)12(8-11)17-14(15)16-9-10(3)18/h6-8,10,18H,4-5,9H2,1-3H3,(H3,15,16,17). The van der Waals surface area contributed by atoms with Gasteiger partial charge in [0.2, 0.25) is 0 Å². The number of nitrogens with two attached hydrogens (primary N) is 1. The molecule has 1 atom stereocenters. The fraction of sp³-hybridized carbons (Fsp3) is 0.500. The number of benzene rings is 1. The van der Waals surface area contributed by atoms with Crippen molar-refractivity contribution in [3.05, 3.63) is 18.2 Å². The highest BCUT2D eigenvalue weighted by atomic mass is 16.5. The Bertz CT molecular complexity index is 447.